The van der Waals surface area contributed by atoms with Gasteiger partial charge in [0.25, 0.3) is 0 Å². The van der Waals surface area contributed by atoms with Crippen LogP contribution in [-0.2, 0) is 19.2 Å². The van der Waals surface area contributed by atoms with Crippen LogP contribution >= 0.6 is 11.6 Å². The van der Waals surface area contributed by atoms with E-state index in [2.05, 4.69) is 0 Å². The molecule has 3 amide bonds. The number of ether oxygens (including phenoxy) is 1. The van der Waals surface area contributed by atoms with Crippen molar-refractivity contribution in [2.24, 2.45) is 17.8 Å². The Bertz CT molecular complexity index is 1150. The minimum atomic E-state index is -0.620. The standard InChI is InChI=1S/C25H21ClN2O5/c26-20-7-3-4-8-21(20)27-14-15(13-22(27)29)25(32)33-17-11-9-16(10-12-17)28-23(30)18-5-1-2-6-19(18)24(28)31/h1-4,7-12,15,18-19H,5-6,13-14H2/t15-,18-,19+/m1/s1. The minimum Gasteiger partial charge on any atom is -0.426 e. The van der Waals surface area contributed by atoms with Gasteiger partial charge in [-0.05, 0) is 49.2 Å². The molecule has 168 valence electrons. The summed E-state index contributed by atoms with van der Waals surface area (Å²) >= 11 is 6.19. The average molecular weight is 465 g/mol. The molecule has 0 unspecified atom stereocenters. The number of imide groups is 1. The van der Waals surface area contributed by atoms with Gasteiger partial charge < -0.3 is 9.64 Å². The van der Waals surface area contributed by atoms with Crippen LogP contribution in [0.1, 0.15) is 19.3 Å². The van der Waals surface area contributed by atoms with E-state index in [-0.39, 0.29) is 48.3 Å². The molecular formula is C25H21ClN2O5. The highest BCUT2D eigenvalue weighted by molar-refractivity contribution is 6.33. The number of fused-ring (bicyclic) bond motifs is 1. The maximum Gasteiger partial charge on any atom is 0.316 e. The second kappa shape index (κ2) is 8.48. The fourth-order valence-electron chi connectivity index (χ4n) is 4.69. The molecule has 5 rings (SSSR count). The van der Waals surface area contributed by atoms with Gasteiger partial charge in [-0.2, -0.15) is 0 Å². The highest BCUT2D eigenvalue weighted by Gasteiger charge is 2.47. The van der Waals surface area contributed by atoms with Crippen molar-refractivity contribution in [2.45, 2.75) is 19.3 Å². The van der Waals surface area contributed by atoms with E-state index in [1.54, 1.807) is 48.5 Å². The molecule has 2 aromatic carbocycles. The summed E-state index contributed by atoms with van der Waals surface area (Å²) in [7, 11) is 0. The van der Waals surface area contributed by atoms with Gasteiger partial charge in [0.05, 0.1) is 34.2 Å². The second-order valence-corrected chi connectivity index (χ2v) is 8.85. The zero-order valence-corrected chi connectivity index (χ0v) is 18.4. The van der Waals surface area contributed by atoms with Crippen LogP contribution in [0.2, 0.25) is 5.02 Å². The monoisotopic (exact) mass is 464 g/mol. The lowest BCUT2D eigenvalue weighted by molar-refractivity contribution is -0.139. The van der Waals surface area contributed by atoms with Gasteiger partial charge in [0, 0.05) is 13.0 Å². The Labute approximate surface area is 195 Å². The van der Waals surface area contributed by atoms with Gasteiger partial charge in [0.15, 0.2) is 0 Å². The van der Waals surface area contributed by atoms with Crippen LogP contribution in [-0.4, -0.2) is 30.2 Å². The Morgan fingerprint density at radius 2 is 1.55 bits per heavy atom. The summed E-state index contributed by atoms with van der Waals surface area (Å²) in [6, 6.07) is 13.3. The van der Waals surface area contributed by atoms with Gasteiger partial charge in [-0.1, -0.05) is 35.9 Å². The largest absolute Gasteiger partial charge is 0.426 e. The number of hydrogen-bond acceptors (Lipinski definition) is 5. The van der Waals surface area contributed by atoms with E-state index in [4.69, 9.17) is 16.3 Å². The molecule has 2 saturated heterocycles. The van der Waals surface area contributed by atoms with E-state index in [9.17, 15) is 19.2 Å². The minimum absolute atomic E-state index is 0.0374. The molecule has 7 nitrogen and oxygen atoms in total. The van der Waals surface area contributed by atoms with Crippen LogP contribution < -0.4 is 14.5 Å². The number of benzene rings is 2. The topological polar surface area (TPSA) is 84.0 Å². The molecule has 0 aromatic heterocycles. The quantitative estimate of drug-likeness (QED) is 0.298. The van der Waals surface area contributed by atoms with Gasteiger partial charge in [-0.15, -0.1) is 0 Å². The molecule has 0 saturated carbocycles. The van der Waals surface area contributed by atoms with Gasteiger partial charge >= 0.3 is 5.97 Å². The number of para-hydroxylation sites is 1. The molecular weight excluding hydrogens is 444 g/mol. The van der Waals surface area contributed by atoms with E-state index in [0.717, 1.165) is 0 Å². The predicted octanol–water partition coefficient (Wildman–Crippen LogP) is 3.75. The SMILES string of the molecule is O=C(Oc1ccc(N2C(=O)[C@H]3CC=CC[C@H]3C2=O)cc1)[C@@H]1CC(=O)N(c2ccccc2Cl)C1. The van der Waals surface area contributed by atoms with Gasteiger partial charge in [0.1, 0.15) is 5.75 Å². The lowest BCUT2D eigenvalue weighted by Gasteiger charge is -2.18. The van der Waals surface area contributed by atoms with E-state index >= 15 is 0 Å². The highest BCUT2D eigenvalue weighted by atomic mass is 35.5. The summed E-state index contributed by atoms with van der Waals surface area (Å²) in [5.74, 6) is -2.04. The van der Waals surface area contributed by atoms with Crippen LogP contribution in [0.3, 0.4) is 0 Å². The van der Waals surface area contributed by atoms with Crippen molar-refractivity contribution in [3.05, 3.63) is 65.7 Å². The molecule has 3 aliphatic rings. The summed E-state index contributed by atoms with van der Waals surface area (Å²) in [5, 5.41) is 0.442. The van der Waals surface area contributed by atoms with Crippen molar-refractivity contribution < 1.29 is 23.9 Å². The number of amides is 3. The molecule has 0 bridgehead atoms. The smallest absolute Gasteiger partial charge is 0.316 e. The maximum absolute atomic E-state index is 12.7. The van der Waals surface area contributed by atoms with Crippen LogP contribution in [0.5, 0.6) is 5.75 Å². The fourth-order valence-corrected chi connectivity index (χ4v) is 4.92. The number of halogens is 1. The molecule has 1 aliphatic carbocycles. The third kappa shape index (κ3) is 3.82. The summed E-state index contributed by atoms with van der Waals surface area (Å²) in [4.78, 5) is 53.3. The van der Waals surface area contributed by atoms with E-state index in [1.807, 2.05) is 12.2 Å². The maximum atomic E-state index is 12.7. The number of nitrogens with zero attached hydrogens (tertiary/aromatic N) is 2. The van der Waals surface area contributed by atoms with Crippen LogP contribution in [0.15, 0.2) is 60.7 Å². The third-order valence-electron chi connectivity index (χ3n) is 6.42. The van der Waals surface area contributed by atoms with E-state index in [0.29, 0.717) is 29.2 Å². The second-order valence-electron chi connectivity index (χ2n) is 8.44. The van der Waals surface area contributed by atoms with Crippen LogP contribution in [0.4, 0.5) is 11.4 Å². The summed E-state index contributed by atoms with van der Waals surface area (Å²) in [5.41, 5.74) is 1.03. The number of hydrogen-bond donors (Lipinski definition) is 0. The molecule has 2 aliphatic heterocycles. The number of anilines is 2. The lowest BCUT2D eigenvalue weighted by atomic mass is 9.85. The molecule has 33 heavy (non-hydrogen) atoms. The van der Waals surface area contributed by atoms with Gasteiger partial charge in [-0.25, -0.2) is 0 Å². The molecule has 0 spiro atoms. The molecule has 8 heteroatoms. The number of allylic oxidation sites excluding steroid dienone is 2. The molecule has 0 radical (unpaired) electrons. The van der Waals surface area contributed by atoms with E-state index < -0.39 is 11.9 Å². The zero-order valence-electron chi connectivity index (χ0n) is 17.6. The number of carbonyl (C=O) groups is 4. The Hall–Kier alpha value is -3.45. The number of carbonyl (C=O) groups excluding carboxylic acids is 4. The lowest BCUT2D eigenvalue weighted by Crippen LogP contribution is -2.30. The van der Waals surface area contributed by atoms with Crippen molar-refractivity contribution >= 4 is 46.7 Å². The first kappa shape index (κ1) is 21.4. The Kier molecular flexibility index (Phi) is 5.50. The number of rotatable bonds is 4. The van der Waals surface area contributed by atoms with Gasteiger partial charge in [-0.3, -0.25) is 24.1 Å². The first-order chi connectivity index (χ1) is 15.9. The van der Waals surface area contributed by atoms with Crippen LogP contribution in [0.25, 0.3) is 0 Å². The summed E-state index contributed by atoms with van der Waals surface area (Å²) in [6.07, 6.45) is 5.08. The third-order valence-corrected chi connectivity index (χ3v) is 6.74. The molecule has 3 atom stereocenters. The molecule has 2 aromatic rings. The summed E-state index contributed by atoms with van der Waals surface area (Å²) in [6.45, 7) is 0.188. The van der Waals surface area contributed by atoms with E-state index in [1.165, 1.54) is 9.80 Å². The van der Waals surface area contributed by atoms with Gasteiger partial charge in [0.2, 0.25) is 17.7 Å². The normalized spacial score (nSPS) is 24.4. The molecule has 0 N–H and O–H groups in total. The first-order valence-electron chi connectivity index (χ1n) is 10.8. The molecule has 2 heterocycles. The Morgan fingerprint density at radius 1 is 0.909 bits per heavy atom. The fraction of sp³-hybridized carbons (Fsp3) is 0.280. The van der Waals surface area contributed by atoms with Crippen molar-refractivity contribution in [1.29, 1.82) is 0 Å². The Morgan fingerprint density at radius 3 is 2.18 bits per heavy atom. The van der Waals surface area contributed by atoms with Crippen molar-refractivity contribution in [3.63, 3.8) is 0 Å². The predicted molar refractivity (Wildman–Crippen MR) is 122 cm³/mol. The molecule has 2 fully saturated rings. The first-order valence-corrected chi connectivity index (χ1v) is 11.2. The Balaban J connectivity index is 1.25. The highest BCUT2D eigenvalue weighted by Crippen LogP contribution is 2.38. The van der Waals surface area contributed by atoms with Crippen molar-refractivity contribution in [3.8, 4) is 5.75 Å². The summed E-state index contributed by atoms with van der Waals surface area (Å²) < 4.78 is 5.48. The number of esters is 1. The van der Waals surface area contributed by atoms with Crippen molar-refractivity contribution in [2.75, 3.05) is 16.3 Å². The van der Waals surface area contributed by atoms with Crippen molar-refractivity contribution in [1.82, 2.24) is 0 Å². The van der Waals surface area contributed by atoms with Crippen LogP contribution in [0, 0.1) is 17.8 Å². The zero-order chi connectivity index (χ0) is 23.1. The average Bonchev–Trinajstić information content (AvgIpc) is 3.33.